The molecule has 5 rings (SSSR count). The molecule has 46 heavy (non-hydrogen) atoms. The summed E-state index contributed by atoms with van der Waals surface area (Å²) in [5, 5.41) is 17.1. The Balaban J connectivity index is 1.28. The molecule has 0 bridgehead atoms. The van der Waals surface area contributed by atoms with E-state index in [9.17, 15) is 19.5 Å². The molecule has 0 spiro atoms. The van der Waals surface area contributed by atoms with E-state index >= 15 is 0 Å². The summed E-state index contributed by atoms with van der Waals surface area (Å²) in [6.07, 6.45) is 0.131. The topological polar surface area (TPSA) is 135 Å². The Morgan fingerprint density at radius 2 is 1.76 bits per heavy atom. The number of morpholine rings is 1. The first kappa shape index (κ1) is 33.2. The molecule has 1 fully saturated rings. The SMILES string of the molecule is Cn1nccc1COc1ccc2c(c1)CN(C(=O)OC(C)(C)C)[C@@]([Si])([C@H](O)CNC(=O)c1ccc(C(=O)N3CCOCC3)cc1)C2. The molecule has 243 valence electrons. The van der Waals surface area contributed by atoms with Crippen LogP contribution < -0.4 is 10.1 Å². The third kappa shape index (κ3) is 7.60. The number of aliphatic hydroxyl groups is 1. The van der Waals surface area contributed by atoms with E-state index in [0.29, 0.717) is 49.8 Å². The van der Waals surface area contributed by atoms with Gasteiger partial charge in [0, 0.05) is 50.6 Å². The predicted octanol–water partition coefficient (Wildman–Crippen LogP) is 2.42. The van der Waals surface area contributed by atoms with Gasteiger partial charge in [-0.05, 0) is 80.8 Å². The number of nitrogens with one attached hydrogen (secondary N) is 1. The molecule has 0 aliphatic carbocycles. The minimum absolute atomic E-state index is 0.112. The smallest absolute Gasteiger partial charge is 0.410 e. The molecule has 2 atom stereocenters. The number of amides is 3. The van der Waals surface area contributed by atoms with Crippen LogP contribution in [0.4, 0.5) is 4.79 Å². The zero-order valence-electron chi connectivity index (χ0n) is 26.6. The first-order valence-corrected chi connectivity index (χ1v) is 15.7. The molecule has 1 aromatic heterocycles. The average molecular weight is 647 g/mol. The number of carbonyl (C=O) groups is 3. The zero-order valence-corrected chi connectivity index (χ0v) is 27.6. The molecule has 2 aromatic carbocycles. The van der Waals surface area contributed by atoms with Crippen LogP contribution in [0.3, 0.4) is 0 Å². The Kier molecular flexibility index (Phi) is 9.84. The summed E-state index contributed by atoms with van der Waals surface area (Å²) >= 11 is 0. The molecule has 3 heterocycles. The van der Waals surface area contributed by atoms with E-state index in [4.69, 9.17) is 14.2 Å². The van der Waals surface area contributed by atoms with Crippen LogP contribution >= 0.6 is 0 Å². The summed E-state index contributed by atoms with van der Waals surface area (Å²) < 4.78 is 18.8. The number of ether oxygens (including phenoxy) is 3. The maximum atomic E-state index is 13.5. The fraction of sp³-hybridized carbons (Fsp3) is 0.455. The maximum absolute atomic E-state index is 13.5. The fourth-order valence-corrected chi connectivity index (χ4v) is 5.89. The van der Waals surface area contributed by atoms with E-state index in [0.717, 1.165) is 16.8 Å². The lowest BCUT2D eigenvalue weighted by Crippen LogP contribution is -2.65. The molecule has 2 N–H and O–H groups in total. The Bertz CT molecular complexity index is 1570. The highest BCUT2D eigenvalue weighted by Crippen LogP contribution is 2.35. The van der Waals surface area contributed by atoms with Gasteiger partial charge in [-0.15, -0.1) is 0 Å². The lowest BCUT2D eigenvalue weighted by molar-refractivity contribution is -0.0251. The first-order chi connectivity index (χ1) is 21.8. The summed E-state index contributed by atoms with van der Waals surface area (Å²) in [7, 11) is 5.61. The fourth-order valence-electron chi connectivity index (χ4n) is 5.42. The van der Waals surface area contributed by atoms with Gasteiger partial charge in [0.1, 0.15) is 18.0 Å². The van der Waals surface area contributed by atoms with Crippen molar-refractivity contribution in [1.29, 1.82) is 0 Å². The molecule has 3 radical (unpaired) electrons. The van der Waals surface area contributed by atoms with E-state index < -0.39 is 28.9 Å². The van der Waals surface area contributed by atoms with Crippen molar-refractivity contribution in [2.24, 2.45) is 7.05 Å². The van der Waals surface area contributed by atoms with Gasteiger partial charge >= 0.3 is 6.09 Å². The number of hydrogen-bond acceptors (Lipinski definition) is 8. The van der Waals surface area contributed by atoms with Crippen LogP contribution in [-0.4, -0.2) is 103 Å². The minimum atomic E-state index is -1.28. The first-order valence-electron chi connectivity index (χ1n) is 15.2. The maximum Gasteiger partial charge on any atom is 0.410 e. The van der Waals surface area contributed by atoms with Crippen molar-refractivity contribution in [3.63, 3.8) is 0 Å². The van der Waals surface area contributed by atoms with E-state index in [1.165, 1.54) is 4.90 Å². The van der Waals surface area contributed by atoms with Gasteiger partial charge in [-0.2, -0.15) is 5.10 Å². The van der Waals surface area contributed by atoms with Gasteiger partial charge in [0.2, 0.25) is 0 Å². The standard InChI is InChI=1S/C33H40N5O7Si/c1-32(2,3)45-31(42)38-20-25-17-27(44-21-26-11-12-35-36(26)4)10-9-24(25)18-33(38,46)28(39)19-34-29(40)22-5-7-23(8-6-22)30(41)37-13-15-43-16-14-37/h5-12,17,28,39H,13-16,18-21H2,1-4H3,(H,34,40)/t28-,33+/m1/s1. The van der Waals surface area contributed by atoms with Gasteiger partial charge in [0.25, 0.3) is 11.8 Å². The number of aromatic nitrogens is 2. The average Bonchev–Trinajstić information content (AvgIpc) is 3.45. The Labute approximate surface area is 272 Å². The molecule has 3 amide bonds. The molecule has 2 aliphatic heterocycles. The van der Waals surface area contributed by atoms with Crippen molar-refractivity contribution < 1.29 is 33.7 Å². The molecule has 3 aromatic rings. The number of aryl methyl sites for hydroxylation is 1. The second-order valence-electron chi connectivity index (χ2n) is 12.5. The van der Waals surface area contributed by atoms with Crippen molar-refractivity contribution in [1.82, 2.24) is 24.9 Å². The van der Waals surface area contributed by atoms with Gasteiger partial charge in [0.15, 0.2) is 0 Å². The number of aliphatic hydroxyl groups excluding tert-OH is 1. The van der Waals surface area contributed by atoms with E-state index in [1.807, 2.05) is 31.3 Å². The number of fused-ring (bicyclic) bond motifs is 1. The third-order valence-corrected chi connectivity index (χ3v) is 8.85. The number of carbonyl (C=O) groups excluding carboxylic acids is 3. The Hall–Kier alpha value is -4.20. The largest absolute Gasteiger partial charge is 0.487 e. The minimum Gasteiger partial charge on any atom is -0.487 e. The van der Waals surface area contributed by atoms with Gasteiger partial charge < -0.3 is 29.5 Å². The summed E-state index contributed by atoms with van der Waals surface area (Å²) in [5.41, 5.74) is 2.73. The molecule has 0 unspecified atom stereocenters. The molecule has 0 saturated carbocycles. The van der Waals surface area contributed by atoms with Gasteiger partial charge in [-0.1, -0.05) is 6.07 Å². The van der Waals surface area contributed by atoms with Crippen molar-refractivity contribution in [3.8, 4) is 5.75 Å². The van der Waals surface area contributed by atoms with E-state index in [-0.39, 0.29) is 25.4 Å². The van der Waals surface area contributed by atoms with Crippen molar-refractivity contribution >= 4 is 28.2 Å². The monoisotopic (exact) mass is 646 g/mol. The highest BCUT2D eigenvalue weighted by Gasteiger charge is 2.46. The van der Waals surface area contributed by atoms with Crippen LogP contribution in [0, 0.1) is 0 Å². The molecule has 2 aliphatic rings. The Morgan fingerprint density at radius 3 is 2.41 bits per heavy atom. The molecular formula is C33H40N5O7Si. The van der Waals surface area contributed by atoms with Crippen LogP contribution in [-0.2, 0) is 36.1 Å². The molecular weight excluding hydrogens is 606 g/mol. The van der Waals surface area contributed by atoms with Gasteiger partial charge in [0.05, 0.1) is 40.4 Å². The summed E-state index contributed by atoms with van der Waals surface area (Å²) in [6, 6.07) is 13.9. The normalized spacial score (nSPS) is 18.8. The second kappa shape index (κ2) is 13.7. The highest BCUT2D eigenvalue weighted by molar-refractivity contribution is 6.17. The quantitative estimate of drug-likeness (QED) is 0.357. The summed E-state index contributed by atoms with van der Waals surface area (Å²) in [4.78, 5) is 42.5. The lowest BCUT2D eigenvalue weighted by atomic mass is 9.90. The van der Waals surface area contributed by atoms with Crippen molar-refractivity contribution in [2.75, 3.05) is 32.8 Å². The Morgan fingerprint density at radius 1 is 1.07 bits per heavy atom. The van der Waals surface area contributed by atoms with E-state index in [2.05, 4.69) is 20.7 Å². The van der Waals surface area contributed by atoms with Crippen molar-refractivity contribution in [3.05, 3.63) is 82.7 Å². The van der Waals surface area contributed by atoms with Gasteiger partial charge in [-0.3, -0.25) is 19.2 Å². The van der Waals surface area contributed by atoms with Gasteiger partial charge in [-0.25, -0.2) is 4.79 Å². The molecule has 12 nitrogen and oxygen atoms in total. The van der Waals surface area contributed by atoms with Crippen LogP contribution in [0.2, 0.25) is 0 Å². The van der Waals surface area contributed by atoms with Crippen LogP contribution in [0.25, 0.3) is 0 Å². The molecule has 13 heteroatoms. The summed E-state index contributed by atoms with van der Waals surface area (Å²) in [6.45, 7) is 7.70. The summed E-state index contributed by atoms with van der Waals surface area (Å²) in [5.74, 6) is 0.101. The second-order valence-corrected chi connectivity index (χ2v) is 13.4. The predicted molar refractivity (Wildman–Crippen MR) is 169 cm³/mol. The number of hydrogen-bond donors (Lipinski definition) is 2. The van der Waals surface area contributed by atoms with Crippen LogP contribution in [0.15, 0.2) is 54.7 Å². The lowest BCUT2D eigenvalue weighted by Gasteiger charge is -2.48. The molecule has 1 saturated heterocycles. The highest BCUT2D eigenvalue weighted by atomic mass is 28.1. The van der Waals surface area contributed by atoms with Crippen LogP contribution in [0.5, 0.6) is 5.75 Å². The van der Waals surface area contributed by atoms with Crippen LogP contribution in [0.1, 0.15) is 58.3 Å². The van der Waals surface area contributed by atoms with Crippen molar-refractivity contribution in [2.45, 2.75) is 57.2 Å². The number of nitrogens with zero attached hydrogens (tertiary/aromatic N) is 4. The zero-order chi connectivity index (χ0) is 33.1. The third-order valence-electron chi connectivity index (χ3n) is 8.07. The van der Waals surface area contributed by atoms with E-state index in [1.54, 1.807) is 60.8 Å². The number of benzene rings is 2. The number of rotatable bonds is 8.